The molecular formula is C27H30N2O5. The van der Waals surface area contributed by atoms with Crippen LogP contribution in [0.1, 0.15) is 49.7 Å². The SMILES string of the molecule is CCC1(C(=O)O)CN(C(=O)[C@@H]2CC[C@H](NC(=O)OCC3c4ccccc4-c4ccccc43)C2)C1. The van der Waals surface area contributed by atoms with E-state index in [9.17, 15) is 19.5 Å². The first-order valence-electron chi connectivity index (χ1n) is 12.1. The van der Waals surface area contributed by atoms with Gasteiger partial charge in [-0.3, -0.25) is 9.59 Å². The van der Waals surface area contributed by atoms with Gasteiger partial charge in [0.1, 0.15) is 12.0 Å². The van der Waals surface area contributed by atoms with Crippen molar-refractivity contribution in [3.05, 3.63) is 59.7 Å². The first kappa shape index (κ1) is 22.4. The molecule has 2 N–H and O–H groups in total. The molecule has 1 heterocycles. The van der Waals surface area contributed by atoms with Crippen LogP contribution in [0.25, 0.3) is 11.1 Å². The molecule has 34 heavy (non-hydrogen) atoms. The maximum Gasteiger partial charge on any atom is 0.407 e. The Labute approximate surface area is 199 Å². The van der Waals surface area contributed by atoms with Crippen LogP contribution in [0.4, 0.5) is 4.79 Å². The van der Waals surface area contributed by atoms with E-state index in [1.807, 2.05) is 31.2 Å². The number of ether oxygens (including phenoxy) is 1. The van der Waals surface area contributed by atoms with Crippen molar-refractivity contribution < 1.29 is 24.2 Å². The van der Waals surface area contributed by atoms with Gasteiger partial charge in [-0.1, -0.05) is 55.5 Å². The fourth-order valence-electron chi connectivity index (χ4n) is 5.75. The van der Waals surface area contributed by atoms with Crippen molar-refractivity contribution in [2.24, 2.45) is 11.3 Å². The van der Waals surface area contributed by atoms with Gasteiger partial charge >= 0.3 is 12.1 Å². The van der Waals surface area contributed by atoms with Gasteiger partial charge in [-0.15, -0.1) is 0 Å². The van der Waals surface area contributed by atoms with E-state index in [-0.39, 0.29) is 43.5 Å². The molecule has 178 valence electrons. The smallest absolute Gasteiger partial charge is 0.407 e. The number of benzene rings is 2. The Morgan fingerprint density at radius 2 is 1.65 bits per heavy atom. The van der Waals surface area contributed by atoms with Crippen LogP contribution in [0.3, 0.4) is 0 Å². The predicted molar refractivity (Wildman–Crippen MR) is 126 cm³/mol. The van der Waals surface area contributed by atoms with Gasteiger partial charge in [0.2, 0.25) is 5.91 Å². The van der Waals surface area contributed by atoms with Crippen molar-refractivity contribution in [3.8, 4) is 11.1 Å². The third-order valence-corrected chi connectivity index (χ3v) is 7.88. The van der Waals surface area contributed by atoms with Gasteiger partial charge in [-0.25, -0.2) is 4.79 Å². The second-order valence-corrected chi connectivity index (χ2v) is 9.81. The summed E-state index contributed by atoms with van der Waals surface area (Å²) in [5.74, 6) is -1.000. The molecule has 2 aromatic carbocycles. The van der Waals surface area contributed by atoms with E-state index in [4.69, 9.17) is 4.74 Å². The van der Waals surface area contributed by atoms with Crippen molar-refractivity contribution in [1.82, 2.24) is 10.2 Å². The topological polar surface area (TPSA) is 95.9 Å². The molecule has 3 aliphatic rings. The number of nitrogens with zero attached hydrogens (tertiary/aromatic N) is 1. The van der Waals surface area contributed by atoms with Gasteiger partial charge < -0.3 is 20.1 Å². The lowest BCUT2D eigenvalue weighted by Gasteiger charge is -2.47. The van der Waals surface area contributed by atoms with E-state index >= 15 is 0 Å². The first-order chi connectivity index (χ1) is 16.4. The summed E-state index contributed by atoms with van der Waals surface area (Å²) in [6.07, 6.45) is 2.02. The molecule has 1 saturated heterocycles. The summed E-state index contributed by atoms with van der Waals surface area (Å²) < 4.78 is 5.63. The fourth-order valence-corrected chi connectivity index (χ4v) is 5.75. The minimum absolute atomic E-state index is 0.00200. The van der Waals surface area contributed by atoms with Gasteiger partial charge in [-0.05, 0) is 47.9 Å². The summed E-state index contributed by atoms with van der Waals surface area (Å²) in [4.78, 5) is 38.5. The van der Waals surface area contributed by atoms with E-state index in [0.29, 0.717) is 25.7 Å². The molecule has 0 spiro atoms. The Morgan fingerprint density at radius 1 is 1.03 bits per heavy atom. The first-order valence-corrected chi connectivity index (χ1v) is 12.1. The van der Waals surface area contributed by atoms with Gasteiger partial charge in [-0.2, -0.15) is 0 Å². The fraction of sp³-hybridized carbons (Fsp3) is 0.444. The van der Waals surface area contributed by atoms with Crippen LogP contribution in [0.2, 0.25) is 0 Å². The molecule has 0 unspecified atom stereocenters. The molecule has 5 rings (SSSR count). The summed E-state index contributed by atoms with van der Waals surface area (Å²) in [7, 11) is 0. The largest absolute Gasteiger partial charge is 0.481 e. The number of carbonyl (C=O) groups is 3. The van der Waals surface area contributed by atoms with Crippen LogP contribution in [0.15, 0.2) is 48.5 Å². The number of rotatable bonds is 6. The van der Waals surface area contributed by atoms with E-state index in [1.165, 1.54) is 22.3 Å². The number of nitrogens with one attached hydrogen (secondary N) is 1. The molecule has 2 amide bonds. The number of carboxylic acid groups (broad SMARTS) is 1. The normalized spacial score (nSPS) is 22.4. The third kappa shape index (κ3) is 3.83. The molecule has 0 bridgehead atoms. The molecule has 2 fully saturated rings. The Morgan fingerprint density at radius 3 is 2.24 bits per heavy atom. The highest BCUT2D eigenvalue weighted by molar-refractivity contribution is 5.85. The highest BCUT2D eigenvalue weighted by atomic mass is 16.5. The molecular weight excluding hydrogens is 432 g/mol. The van der Waals surface area contributed by atoms with Crippen molar-refractivity contribution in [3.63, 3.8) is 0 Å². The number of alkyl carbamates (subject to hydrolysis) is 1. The van der Waals surface area contributed by atoms with Gasteiger partial charge in [0, 0.05) is 31.0 Å². The van der Waals surface area contributed by atoms with E-state index < -0.39 is 17.5 Å². The number of amides is 2. The number of aliphatic carboxylic acids is 1. The van der Waals surface area contributed by atoms with Crippen LogP contribution in [-0.2, 0) is 14.3 Å². The van der Waals surface area contributed by atoms with E-state index in [0.717, 1.165) is 0 Å². The Kier molecular flexibility index (Phi) is 5.80. The average molecular weight is 463 g/mol. The molecule has 1 saturated carbocycles. The van der Waals surface area contributed by atoms with Crippen LogP contribution < -0.4 is 5.32 Å². The lowest BCUT2D eigenvalue weighted by molar-refractivity contribution is -0.168. The Hall–Kier alpha value is -3.35. The second kappa shape index (κ2) is 8.78. The lowest BCUT2D eigenvalue weighted by Crippen LogP contribution is -2.62. The summed E-state index contributed by atoms with van der Waals surface area (Å²) >= 11 is 0. The number of carbonyl (C=O) groups excluding carboxylic acids is 2. The molecule has 2 atom stereocenters. The van der Waals surface area contributed by atoms with Gasteiger partial charge in [0.25, 0.3) is 0 Å². The number of fused-ring (bicyclic) bond motifs is 3. The van der Waals surface area contributed by atoms with Gasteiger partial charge in [0.15, 0.2) is 0 Å². The quantitative estimate of drug-likeness (QED) is 0.676. The summed E-state index contributed by atoms with van der Waals surface area (Å²) in [6, 6.07) is 16.3. The highest BCUT2D eigenvalue weighted by Crippen LogP contribution is 2.44. The Balaban J connectivity index is 1.13. The molecule has 0 radical (unpaired) electrons. The molecule has 0 aromatic heterocycles. The number of hydrogen-bond acceptors (Lipinski definition) is 4. The number of likely N-dealkylation sites (tertiary alicyclic amines) is 1. The lowest BCUT2D eigenvalue weighted by atomic mass is 9.77. The van der Waals surface area contributed by atoms with Crippen LogP contribution >= 0.6 is 0 Å². The minimum Gasteiger partial charge on any atom is -0.481 e. The zero-order chi connectivity index (χ0) is 23.9. The predicted octanol–water partition coefficient (Wildman–Crippen LogP) is 4.02. The summed E-state index contributed by atoms with van der Waals surface area (Å²) in [5, 5.41) is 12.4. The van der Waals surface area contributed by atoms with Crippen LogP contribution in [0.5, 0.6) is 0 Å². The number of carboxylic acids is 1. The Bertz CT molecular complexity index is 1080. The summed E-state index contributed by atoms with van der Waals surface area (Å²) in [5.41, 5.74) is 3.91. The van der Waals surface area contributed by atoms with Crippen molar-refractivity contribution >= 4 is 18.0 Å². The third-order valence-electron chi connectivity index (χ3n) is 7.88. The number of hydrogen-bond donors (Lipinski definition) is 2. The molecule has 1 aliphatic heterocycles. The van der Waals surface area contributed by atoms with Crippen molar-refractivity contribution in [1.29, 1.82) is 0 Å². The monoisotopic (exact) mass is 462 g/mol. The zero-order valence-corrected chi connectivity index (χ0v) is 19.3. The minimum atomic E-state index is -0.833. The zero-order valence-electron chi connectivity index (χ0n) is 19.3. The standard InChI is InChI=1S/C27H30N2O5/c1-2-27(25(31)32)15-29(16-27)24(30)17-11-12-18(13-17)28-26(33)34-14-23-21-9-5-3-7-19(21)20-8-4-6-10-22(20)23/h3-10,17-18,23H,2,11-16H2,1H3,(H,28,33)(H,31,32)/t17-,18+/m1/s1. The summed E-state index contributed by atoms with van der Waals surface area (Å²) in [6.45, 7) is 2.66. The van der Waals surface area contributed by atoms with Crippen LogP contribution in [0, 0.1) is 11.3 Å². The molecule has 2 aromatic rings. The average Bonchev–Trinajstić information content (AvgIpc) is 3.40. The van der Waals surface area contributed by atoms with E-state index in [1.54, 1.807) is 4.90 Å². The second-order valence-electron chi connectivity index (χ2n) is 9.81. The van der Waals surface area contributed by atoms with Crippen LogP contribution in [-0.4, -0.2) is 53.7 Å². The van der Waals surface area contributed by atoms with Crippen molar-refractivity contribution in [2.45, 2.75) is 44.6 Å². The van der Waals surface area contributed by atoms with E-state index in [2.05, 4.69) is 29.6 Å². The van der Waals surface area contributed by atoms with Gasteiger partial charge in [0.05, 0.1) is 0 Å². The maximum absolute atomic E-state index is 12.8. The molecule has 7 heteroatoms. The highest BCUT2D eigenvalue weighted by Gasteiger charge is 2.51. The maximum atomic E-state index is 12.8. The molecule has 2 aliphatic carbocycles. The van der Waals surface area contributed by atoms with Crippen molar-refractivity contribution in [2.75, 3.05) is 19.7 Å². The molecule has 7 nitrogen and oxygen atoms in total.